The monoisotopic (exact) mass is 196 g/mol. The van der Waals surface area contributed by atoms with Crippen molar-refractivity contribution in [2.24, 2.45) is 0 Å². The van der Waals surface area contributed by atoms with Crippen molar-refractivity contribution in [2.45, 2.75) is 19.8 Å². The molecular formula is C14H12O. The molecule has 0 radical (unpaired) electrons. The van der Waals surface area contributed by atoms with Crippen molar-refractivity contribution < 1.29 is 4.79 Å². The lowest BCUT2D eigenvalue weighted by Crippen LogP contribution is -1.97. The molecule has 15 heavy (non-hydrogen) atoms. The summed E-state index contributed by atoms with van der Waals surface area (Å²) in [6.45, 7) is 1.65. The Hall–Kier alpha value is -1.63. The molecule has 2 aromatic rings. The van der Waals surface area contributed by atoms with Gasteiger partial charge < -0.3 is 0 Å². The zero-order valence-corrected chi connectivity index (χ0v) is 8.71. The molecule has 3 rings (SSSR count). The molecule has 0 saturated heterocycles. The smallest absolute Gasteiger partial charge is 0.160 e. The van der Waals surface area contributed by atoms with Gasteiger partial charge in [-0.1, -0.05) is 30.3 Å². The van der Waals surface area contributed by atoms with E-state index in [0.29, 0.717) is 0 Å². The molecule has 1 nitrogen and oxygen atoms in total. The number of rotatable bonds is 1. The number of carbonyl (C=O) groups excluding carboxylic acids is 1. The molecule has 74 valence electrons. The van der Waals surface area contributed by atoms with Gasteiger partial charge in [-0.05, 0) is 41.7 Å². The molecule has 0 spiro atoms. The second-order valence-corrected chi connectivity index (χ2v) is 4.16. The maximum atomic E-state index is 11.5. The number of aryl methyl sites for hydroxylation is 2. The van der Waals surface area contributed by atoms with Crippen molar-refractivity contribution in [2.75, 3.05) is 0 Å². The van der Waals surface area contributed by atoms with Gasteiger partial charge in [0, 0.05) is 5.56 Å². The molecule has 0 saturated carbocycles. The number of hydrogen-bond acceptors (Lipinski definition) is 1. The fraction of sp³-hybridized carbons (Fsp3) is 0.214. The van der Waals surface area contributed by atoms with Gasteiger partial charge in [0.1, 0.15) is 0 Å². The predicted molar refractivity (Wildman–Crippen MR) is 61.4 cm³/mol. The van der Waals surface area contributed by atoms with E-state index in [1.54, 1.807) is 6.92 Å². The van der Waals surface area contributed by atoms with E-state index in [0.717, 1.165) is 18.4 Å². The van der Waals surface area contributed by atoms with Crippen LogP contribution in [0.5, 0.6) is 0 Å². The molecule has 0 N–H and O–H groups in total. The van der Waals surface area contributed by atoms with E-state index in [9.17, 15) is 4.79 Å². The van der Waals surface area contributed by atoms with Gasteiger partial charge in [0.15, 0.2) is 5.78 Å². The Morgan fingerprint density at radius 1 is 1.13 bits per heavy atom. The molecule has 0 heterocycles. The van der Waals surface area contributed by atoms with Gasteiger partial charge in [-0.3, -0.25) is 4.79 Å². The first-order valence-electron chi connectivity index (χ1n) is 5.32. The number of hydrogen-bond donors (Lipinski definition) is 0. The predicted octanol–water partition coefficient (Wildman–Crippen LogP) is 3.14. The van der Waals surface area contributed by atoms with E-state index in [1.165, 1.54) is 21.9 Å². The first-order chi connectivity index (χ1) is 7.27. The molecule has 0 bridgehead atoms. The summed E-state index contributed by atoms with van der Waals surface area (Å²) in [6, 6.07) is 10.4. The Balaban J connectivity index is 2.45. The SMILES string of the molecule is CC(=O)c1ccc2cccc3c2c1CC3. The lowest BCUT2D eigenvalue weighted by atomic mass is 9.98. The maximum absolute atomic E-state index is 11.5. The van der Waals surface area contributed by atoms with Crippen molar-refractivity contribution in [3.63, 3.8) is 0 Å². The van der Waals surface area contributed by atoms with Crippen LogP contribution in [0.15, 0.2) is 30.3 Å². The van der Waals surface area contributed by atoms with Crippen LogP contribution in [0.25, 0.3) is 10.8 Å². The Labute approximate surface area is 88.7 Å². The molecule has 1 aliphatic carbocycles. The van der Waals surface area contributed by atoms with Crippen LogP contribution in [0.1, 0.15) is 28.4 Å². The largest absolute Gasteiger partial charge is 0.295 e. The highest BCUT2D eigenvalue weighted by atomic mass is 16.1. The fourth-order valence-corrected chi connectivity index (χ4v) is 2.59. The molecule has 0 atom stereocenters. The first-order valence-corrected chi connectivity index (χ1v) is 5.32. The van der Waals surface area contributed by atoms with Crippen LogP contribution in [-0.4, -0.2) is 5.78 Å². The minimum atomic E-state index is 0.184. The maximum Gasteiger partial charge on any atom is 0.160 e. The highest BCUT2D eigenvalue weighted by molar-refractivity contribution is 6.03. The summed E-state index contributed by atoms with van der Waals surface area (Å²) in [5, 5.41) is 2.59. The zero-order chi connectivity index (χ0) is 10.4. The number of Topliss-reactive ketones (excluding diaryl/α,β-unsaturated/α-hetero) is 1. The number of ketones is 1. The van der Waals surface area contributed by atoms with Gasteiger partial charge in [0.2, 0.25) is 0 Å². The molecule has 0 aliphatic heterocycles. The van der Waals surface area contributed by atoms with Crippen molar-refractivity contribution in [3.8, 4) is 0 Å². The molecule has 0 aromatic heterocycles. The van der Waals surface area contributed by atoms with E-state index in [4.69, 9.17) is 0 Å². The Morgan fingerprint density at radius 3 is 2.80 bits per heavy atom. The van der Waals surface area contributed by atoms with Crippen molar-refractivity contribution in [1.29, 1.82) is 0 Å². The van der Waals surface area contributed by atoms with E-state index in [-0.39, 0.29) is 5.78 Å². The van der Waals surface area contributed by atoms with Crippen LogP contribution in [0.3, 0.4) is 0 Å². The molecule has 1 heteroatoms. The fourth-order valence-electron chi connectivity index (χ4n) is 2.59. The quantitative estimate of drug-likeness (QED) is 0.640. The second-order valence-electron chi connectivity index (χ2n) is 4.16. The Bertz CT molecular complexity index is 567. The third-order valence-corrected chi connectivity index (χ3v) is 3.26. The van der Waals surface area contributed by atoms with Gasteiger partial charge in [-0.25, -0.2) is 0 Å². The van der Waals surface area contributed by atoms with Crippen molar-refractivity contribution >= 4 is 16.6 Å². The Morgan fingerprint density at radius 2 is 2.00 bits per heavy atom. The molecule has 0 unspecified atom stereocenters. The minimum Gasteiger partial charge on any atom is -0.295 e. The summed E-state index contributed by atoms with van der Waals surface area (Å²) in [4.78, 5) is 11.5. The van der Waals surface area contributed by atoms with Crippen molar-refractivity contribution in [3.05, 3.63) is 47.0 Å². The van der Waals surface area contributed by atoms with E-state index in [2.05, 4.69) is 24.3 Å². The minimum absolute atomic E-state index is 0.184. The molecule has 1 aliphatic rings. The average Bonchev–Trinajstić information content (AvgIpc) is 2.65. The Kier molecular flexibility index (Phi) is 1.69. The topological polar surface area (TPSA) is 17.1 Å². The average molecular weight is 196 g/mol. The number of benzene rings is 2. The highest BCUT2D eigenvalue weighted by Gasteiger charge is 2.18. The summed E-state index contributed by atoms with van der Waals surface area (Å²) < 4.78 is 0. The lowest BCUT2D eigenvalue weighted by Gasteiger charge is -2.05. The molecule has 0 fully saturated rings. The first kappa shape index (κ1) is 8.66. The van der Waals surface area contributed by atoms with Crippen LogP contribution in [0, 0.1) is 0 Å². The van der Waals surface area contributed by atoms with Crippen LogP contribution >= 0.6 is 0 Å². The lowest BCUT2D eigenvalue weighted by molar-refractivity contribution is 0.101. The highest BCUT2D eigenvalue weighted by Crippen LogP contribution is 2.33. The third-order valence-electron chi connectivity index (χ3n) is 3.26. The zero-order valence-electron chi connectivity index (χ0n) is 8.71. The summed E-state index contributed by atoms with van der Waals surface area (Å²) >= 11 is 0. The molecular weight excluding hydrogens is 184 g/mol. The van der Waals surface area contributed by atoms with E-state index in [1.807, 2.05) is 6.07 Å². The van der Waals surface area contributed by atoms with Gasteiger partial charge in [0.25, 0.3) is 0 Å². The normalized spacial score (nSPS) is 13.4. The standard InChI is InChI=1S/C14H12O/c1-9(15)12-7-5-10-3-2-4-11-6-8-13(12)14(10)11/h2-5,7H,6,8H2,1H3. The van der Waals surface area contributed by atoms with Gasteiger partial charge in [-0.2, -0.15) is 0 Å². The van der Waals surface area contributed by atoms with Crippen LogP contribution < -0.4 is 0 Å². The summed E-state index contributed by atoms with van der Waals surface area (Å²) in [5.74, 6) is 0.184. The summed E-state index contributed by atoms with van der Waals surface area (Å²) in [5.41, 5.74) is 3.56. The van der Waals surface area contributed by atoms with Crippen LogP contribution in [0.4, 0.5) is 0 Å². The third kappa shape index (κ3) is 1.13. The van der Waals surface area contributed by atoms with E-state index < -0.39 is 0 Å². The molecule has 2 aromatic carbocycles. The van der Waals surface area contributed by atoms with Crippen LogP contribution in [0.2, 0.25) is 0 Å². The summed E-state index contributed by atoms with van der Waals surface area (Å²) in [7, 11) is 0. The van der Waals surface area contributed by atoms with Crippen molar-refractivity contribution in [1.82, 2.24) is 0 Å². The number of carbonyl (C=O) groups is 1. The van der Waals surface area contributed by atoms with E-state index >= 15 is 0 Å². The van der Waals surface area contributed by atoms with Gasteiger partial charge >= 0.3 is 0 Å². The van der Waals surface area contributed by atoms with Gasteiger partial charge in [-0.15, -0.1) is 0 Å². The second kappa shape index (κ2) is 2.93. The van der Waals surface area contributed by atoms with Gasteiger partial charge in [0.05, 0.1) is 0 Å². The summed E-state index contributed by atoms with van der Waals surface area (Å²) in [6.07, 6.45) is 2.10. The van der Waals surface area contributed by atoms with Crippen LogP contribution in [-0.2, 0) is 12.8 Å². The molecule has 0 amide bonds.